The van der Waals surface area contributed by atoms with Gasteiger partial charge in [0.05, 0.1) is 18.7 Å². The van der Waals surface area contributed by atoms with Gasteiger partial charge in [-0.3, -0.25) is 4.79 Å². The number of methoxy groups -OCH3 is 1. The van der Waals surface area contributed by atoms with Crippen molar-refractivity contribution in [2.24, 2.45) is 5.92 Å². The zero-order valence-corrected chi connectivity index (χ0v) is 16.3. The molecule has 3 unspecified atom stereocenters. The van der Waals surface area contributed by atoms with E-state index in [2.05, 4.69) is 22.8 Å². The van der Waals surface area contributed by atoms with E-state index in [1.165, 1.54) is 4.90 Å². The van der Waals surface area contributed by atoms with Crippen LogP contribution in [0.15, 0.2) is 48.5 Å². The SMILES string of the molecule is COCCNC(=O)c1ccc2c(c1)C1C(CCN1C(=O)O)C(c1ccccc1)N2. The first-order chi connectivity index (χ1) is 14.1. The predicted molar refractivity (Wildman–Crippen MR) is 109 cm³/mol. The highest BCUT2D eigenvalue weighted by atomic mass is 16.5. The van der Waals surface area contributed by atoms with Gasteiger partial charge in [-0.05, 0) is 35.7 Å². The third-order valence-electron chi connectivity index (χ3n) is 5.81. The van der Waals surface area contributed by atoms with Gasteiger partial charge in [0.1, 0.15) is 0 Å². The summed E-state index contributed by atoms with van der Waals surface area (Å²) in [7, 11) is 1.58. The summed E-state index contributed by atoms with van der Waals surface area (Å²) in [6.45, 7) is 1.35. The van der Waals surface area contributed by atoms with Crippen molar-refractivity contribution >= 4 is 17.7 Å². The number of hydrogen-bond acceptors (Lipinski definition) is 4. The monoisotopic (exact) mass is 395 g/mol. The molecule has 7 nitrogen and oxygen atoms in total. The Labute approximate surface area is 169 Å². The highest BCUT2D eigenvalue weighted by Gasteiger charge is 2.46. The third kappa shape index (κ3) is 3.65. The standard InChI is InChI=1S/C22H25N3O4/c1-29-12-10-23-21(26)15-7-8-18-17(13-15)20-16(9-11-25(20)22(27)28)19(24-18)14-5-3-2-4-6-14/h2-8,13,16,19-20,24H,9-12H2,1H3,(H,23,26)(H,27,28). The number of carboxylic acid groups (broad SMARTS) is 1. The summed E-state index contributed by atoms with van der Waals surface area (Å²) in [6.07, 6.45) is -0.153. The quantitative estimate of drug-likeness (QED) is 0.676. The van der Waals surface area contributed by atoms with Crippen LogP contribution in [0.2, 0.25) is 0 Å². The molecule has 0 aromatic heterocycles. The Bertz CT molecular complexity index is 902. The Morgan fingerprint density at radius 2 is 2.03 bits per heavy atom. The molecule has 3 atom stereocenters. The van der Waals surface area contributed by atoms with Crippen molar-refractivity contribution in [1.29, 1.82) is 0 Å². The molecule has 2 aliphatic heterocycles. The molecular formula is C22H25N3O4. The van der Waals surface area contributed by atoms with E-state index in [0.717, 1.165) is 23.2 Å². The van der Waals surface area contributed by atoms with Crippen LogP contribution in [0.1, 0.15) is 40.0 Å². The van der Waals surface area contributed by atoms with Gasteiger partial charge in [-0.2, -0.15) is 0 Å². The van der Waals surface area contributed by atoms with Crippen LogP contribution in [0.5, 0.6) is 0 Å². The lowest BCUT2D eigenvalue weighted by Crippen LogP contribution is -2.37. The minimum absolute atomic E-state index is 0.0272. The average molecular weight is 395 g/mol. The summed E-state index contributed by atoms with van der Waals surface area (Å²) in [5, 5.41) is 16.2. The summed E-state index contributed by atoms with van der Waals surface area (Å²) in [4.78, 5) is 25.9. The Morgan fingerprint density at radius 1 is 1.24 bits per heavy atom. The normalized spacial score (nSPS) is 22.4. The maximum Gasteiger partial charge on any atom is 0.407 e. The number of amides is 2. The molecule has 2 aliphatic rings. The van der Waals surface area contributed by atoms with Crippen LogP contribution in [-0.4, -0.2) is 48.8 Å². The minimum Gasteiger partial charge on any atom is -0.465 e. The van der Waals surface area contributed by atoms with Crippen molar-refractivity contribution in [3.05, 3.63) is 65.2 Å². The number of likely N-dealkylation sites (tertiary alicyclic amines) is 1. The van der Waals surface area contributed by atoms with E-state index in [-0.39, 0.29) is 23.9 Å². The van der Waals surface area contributed by atoms with Crippen LogP contribution >= 0.6 is 0 Å². The molecule has 152 valence electrons. The number of rotatable bonds is 5. The average Bonchev–Trinajstić information content (AvgIpc) is 3.19. The summed E-state index contributed by atoms with van der Waals surface area (Å²) >= 11 is 0. The van der Waals surface area contributed by atoms with E-state index in [9.17, 15) is 14.7 Å². The molecule has 0 bridgehead atoms. The van der Waals surface area contributed by atoms with Gasteiger partial charge in [0.2, 0.25) is 0 Å². The van der Waals surface area contributed by atoms with E-state index < -0.39 is 6.09 Å². The number of hydrogen-bond donors (Lipinski definition) is 3. The van der Waals surface area contributed by atoms with Crippen LogP contribution in [-0.2, 0) is 4.74 Å². The number of benzene rings is 2. The molecule has 1 fully saturated rings. The van der Waals surface area contributed by atoms with Gasteiger partial charge in [-0.1, -0.05) is 30.3 Å². The second-order valence-electron chi connectivity index (χ2n) is 7.46. The fourth-order valence-electron chi connectivity index (χ4n) is 4.49. The number of nitrogens with one attached hydrogen (secondary N) is 2. The molecule has 2 aromatic rings. The molecule has 0 aliphatic carbocycles. The Hall–Kier alpha value is -3.06. The van der Waals surface area contributed by atoms with E-state index in [1.54, 1.807) is 13.2 Å². The molecule has 2 amide bonds. The van der Waals surface area contributed by atoms with Gasteiger partial charge in [0, 0.05) is 37.4 Å². The third-order valence-corrected chi connectivity index (χ3v) is 5.81. The lowest BCUT2D eigenvalue weighted by Gasteiger charge is -2.39. The zero-order valence-electron chi connectivity index (χ0n) is 16.3. The molecule has 4 rings (SSSR count). The summed E-state index contributed by atoms with van der Waals surface area (Å²) in [5.74, 6) is -0.0840. The van der Waals surface area contributed by atoms with Gasteiger partial charge in [0.15, 0.2) is 0 Å². The molecule has 1 saturated heterocycles. The molecule has 2 aromatic carbocycles. The van der Waals surface area contributed by atoms with E-state index in [1.807, 2.05) is 30.3 Å². The molecular weight excluding hydrogens is 370 g/mol. The van der Waals surface area contributed by atoms with Gasteiger partial charge >= 0.3 is 6.09 Å². The van der Waals surface area contributed by atoms with E-state index >= 15 is 0 Å². The number of ether oxygens (including phenoxy) is 1. The van der Waals surface area contributed by atoms with Crippen molar-refractivity contribution in [1.82, 2.24) is 10.2 Å². The first-order valence-corrected chi connectivity index (χ1v) is 9.82. The summed E-state index contributed by atoms with van der Waals surface area (Å²) < 4.78 is 4.97. The molecule has 3 N–H and O–H groups in total. The second-order valence-corrected chi connectivity index (χ2v) is 7.46. The van der Waals surface area contributed by atoms with Crippen molar-refractivity contribution in [2.75, 3.05) is 32.1 Å². The number of carbonyl (C=O) groups excluding carboxylic acids is 1. The van der Waals surface area contributed by atoms with Gasteiger partial charge in [-0.15, -0.1) is 0 Å². The first kappa shape index (κ1) is 19.3. The Morgan fingerprint density at radius 3 is 2.76 bits per heavy atom. The maximum atomic E-state index is 12.5. The lowest BCUT2D eigenvalue weighted by molar-refractivity contribution is 0.0937. The lowest BCUT2D eigenvalue weighted by atomic mass is 9.79. The molecule has 0 radical (unpaired) electrons. The van der Waals surface area contributed by atoms with Crippen molar-refractivity contribution < 1.29 is 19.4 Å². The largest absolute Gasteiger partial charge is 0.465 e. The zero-order chi connectivity index (χ0) is 20.4. The van der Waals surface area contributed by atoms with Crippen LogP contribution in [0, 0.1) is 5.92 Å². The molecule has 29 heavy (non-hydrogen) atoms. The van der Waals surface area contributed by atoms with Crippen molar-refractivity contribution in [3.8, 4) is 0 Å². The maximum absolute atomic E-state index is 12.5. The molecule has 0 saturated carbocycles. The second kappa shape index (κ2) is 8.13. The van der Waals surface area contributed by atoms with E-state index in [4.69, 9.17) is 4.74 Å². The van der Waals surface area contributed by atoms with Gasteiger partial charge < -0.3 is 25.4 Å². The molecule has 0 spiro atoms. The topological polar surface area (TPSA) is 90.9 Å². The van der Waals surface area contributed by atoms with Crippen LogP contribution in [0.4, 0.5) is 10.5 Å². The first-order valence-electron chi connectivity index (χ1n) is 9.82. The van der Waals surface area contributed by atoms with Crippen LogP contribution in [0.25, 0.3) is 0 Å². The van der Waals surface area contributed by atoms with Gasteiger partial charge in [-0.25, -0.2) is 4.79 Å². The Kier molecular flexibility index (Phi) is 5.40. The highest BCUT2D eigenvalue weighted by Crippen LogP contribution is 2.51. The predicted octanol–water partition coefficient (Wildman–Crippen LogP) is 3.27. The molecule has 2 heterocycles. The fourth-order valence-corrected chi connectivity index (χ4v) is 4.49. The van der Waals surface area contributed by atoms with Crippen molar-refractivity contribution in [2.45, 2.75) is 18.5 Å². The smallest absolute Gasteiger partial charge is 0.407 e. The fraction of sp³-hybridized carbons (Fsp3) is 0.364. The summed E-state index contributed by atoms with van der Waals surface area (Å²) in [6, 6.07) is 15.3. The highest BCUT2D eigenvalue weighted by molar-refractivity contribution is 5.95. The van der Waals surface area contributed by atoms with E-state index in [0.29, 0.717) is 25.3 Å². The van der Waals surface area contributed by atoms with Crippen molar-refractivity contribution in [3.63, 3.8) is 0 Å². The number of carbonyl (C=O) groups is 2. The van der Waals surface area contributed by atoms with Crippen LogP contribution < -0.4 is 10.6 Å². The Balaban J connectivity index is 1.70. The molecule has 7 heteroatoms. The van der Waals surface area contributed by atoms with Crippen LogP contribution in [0.3, 0.4) is 0 Å². The minimum atomic E-state index is -0.924. The number of anilines is 1. The number of nitrogens with zero attached hydrogens (tertiary/aromatic N) is 1. The van der Waals surface area contributed by atoms with Gasteiger partial charge in [0.25, 0.3) is 5.91 Å². The number of fused-ring (bicyclic) bond motifs is 3. The summed E-state index contributed by atoms with van der Waals surface area (Å²) in [5.41, 5.74) is 3.40.